The van der Waals surface area contributed by atoms with Crippen LogP contribution in [0.2, 0.25) is 5.02 Å². The highest BCUT2D eigenvalue weighted by Gasteiger charge is 2.39. The summed E-state index contributed by atoms with van der Waals surface area (Å²) in [4.78, 5) is 23.5. The van der Waals surface area contributed by atoms with Crippen LogP contribution >= 0.6 is 11.6 Å². The van der Waals surface area contributed by atoms with Crippen LogP contribution < -0.4 is 10.1 Å². The zero-order valence-corrected chi connectivity index (χ0v) is 15.4. The highest BCUT2D eigenvalue weighted by Crippen LogP contribution is 2.32. The number of amides is 1. The van der Waals surface area contributed by atoms with E-state index in [0.29, 0.717) is 6.42 Å². The number of anilines is 1. The molecule has 0 fully saturated rings. The molecule has 11 heteroatoms. The molecule has 0 spiro atoms. The number of hydrogen-bond donors (Lipinski definition) is 1. The molecule has 1 N–H and O–H groups in total. The Bertz CT molecular complexity index is 867. The van der Waals surface area contributed by atoms with Crippen LogP contribution in [0.3, 0.4) is 0 Å². The average molecular weight is 405 g/mol. The van der Waals surface area contributed by atoms with Gasteiger partial charge in [-0.3, -0.25) is 19.5 Å². The molecule has 0 aliphatic heterocycles. The number of nitrogens with zero attached hydrogens (tertiary/aromatic N) is 3. The van der Waals surface area contributed by atoms with Gasteiger partial charge in [0.25, 0.3) is 5.91 Å². The van der Waals surface area contributed by atoms with Crippen molar-refractivity contribution >= 4 is 29.4 Å². The van der Waals surface area contributed by atoms with Gasteiger partial charge in [-0.2, -0.15) is 13.2 Å². The van der Waals surface area contributed by atoms with Crippen LogP contribution in [-0.2, 0) is 11.0 Å². The fourth-order valence-electron chi connectivity index (χ4n) is 2.26. The van der Waals surface area contributed by atoms with Gasteiger partial charge in [0, 0.05) is 23.6 Å². The molecule has 1 aromatic carbocycles. The Morgan fingerprint density at radius 1 is 1.30 bits per heavy atom. The molecule has 2 rings (SSSR count). The summed E-state index contributed by atoms with van der Waals surface area (Å²) < 4.78 is 45.1. The van der Waals surface area contributed by atoms with Crippen molar-refractivity contribution in [1.82, 2.24) is 14.8 Å². The van der Waals surface area contributed by atoms with Crippen molar-refractivity contribution in [3.8, 4) is 5.75 Å². The van der Waals surface area contributed by atoms with E-state index in [1.165, 1.54) is 25.1 Å². The molecule has 0 aliphatic rings. The van der Waals surface area contributed by atoms with Gasteiger partial charge >= 0.3 is 12.1 Å². The Kier molecular flexibility index (Phi) is 6.09. The van der Waals surface area contributed by atoms with Gasteiger partial charge < -0.3 is 4.74 Å². The molecule has 27 heavy (non-hydrogen) atoms. The van der Waals surface area contributed by atoms with Crippen molar-refractivity contribution in [2.45, 2.75) is 39.4 Å². The molecule has 1 aromatic heterocycles. The highest BCUT2D eigenvalue weighted by atomic mass is 35.5. The number of benzene rings is 1. The van der Waals surface area contributed by atoms with Crippen LogP contribution in [0.4, 0.5) is 19.1 Å². The van der Waals surface area contributed by atoms with Gasteiger partial charge in [0.2, 0.25) is 11.8 Å². The van der Waals surface area contributed by atoms with Crippen LogP contribution in [0.5, 0.6) is 5.75 Å². The second kappa shape index (κ2) is 7.95. The van der Waals surface area contributed by atoms with E-state index < -0.39 is 29.9 Å². The smallest absolute Gasteiger partial charge is 0.427 e. The largest absolute Gasteiger partial charge is 0.451 e. The molecule has 146 valence electrons. The van der Waals surface area contributed by atoms with E-state index in [4.69, 9.17) is 16.3 Å². The molecule has 0 saturated carbocycles. The third-order valence-corrected chi connectivity index (χ3v) is 3.82. The lowest BCUT2D eigenvalue weighted by Crippen LogP contribution is -2.22. The average Bonchev–Trinajstić information content (AvgIpc) is 2.96. The Morgan fingerprint density at radius 3 is 2.52 bits per heavy atom. The van der Waals surface area contributed by atoms with Gasteiger partial charge in [-0.05, 0) is 31.5 Å². The van der Waals surface area contributed by atoms with Gasteiger partial charge in [0.05, 0.1) is 0 Å². The first kappa shape index (κ1) is 20.7. The van der Waals surface area contributed by atoms with Gasteiger partial charge in [-0.25, -0.2) is 0 Å². The number of carbonyl (C=O) groups is 2. The maximum atomic E-state index is 13.1. The zero-order valence-electron chi connectivity index (χ0n) is 14.6. The predicted molar refractivity (Wildman–Crippen MR) is 90.7 cm³/mol. The highest BCUT2D eigenvalue weighted by molar-refractivity contribution is 6.31. The zero-order chi connectivity index (χ0) is 20.4. The minimum atomic E-state index is -4.72. The third-order valence-electron chi connectivity index (χ3n) is 3.60. The van der Waals surface area contributed by atoms with Gasteiger partial charge in [-0.15, -0.1) is 10.2 Å². The summed E-state index contributed by atoms with van der Waals surface area (Å²) in [7, 11) is 0. The van der Waals surface area contributed by atoms with Crippen molar-refractivity contribution < 1.29 is 27.5 Å². The van der Waals surface area contributed by atoms with E-state index in [0.717, 1.165) is 4.57 Å². The number of hydrogen-bond acceptors (Lipinski definition) is 5. The van der Waals surface area contributed by atoms with E-state index in [-0.39, 0.29) is 22.3 Å². The molecular weight excluding hydrogens is 389 g/mol. The number of alkyl halides is 3. The molecule has 0 bridgehead atoms. The van der Waals surface area contributed by atoms with Crippen LogP contribution in [0.1, 0.15) is 49.4 Å². The van der Waals surface area contributed by atoms with Gasteiger partial charge in [-0.1, -0.05) is 18.5 Å². The molecule has 0 radical (unpaired) electrons. The summed E-state index contributed by atoms with van der Waals surface area (Å²) in [5, 5.41) is 9.01. The summed E-state index contributed by atoms with van der Waals surface area (Å²) >= 11 is 5.90. The third kappa shape index (κ3) is 4.97. The normalized spacial score (nSPS) is 12.6. The fraction of sp³-hybridized carbons (Fsp3) is 0.375. The minimum Gasteiger partial charge on any atom is -0.427 e. The number of ether oxygens (including phenoxy) is 1. The summed E-state index contributed by atoms with van der Waals surface area (Å²) in [6.07, 6.45) is -4.37. The lowest BCUT2D eigenvalue weighted by Gasteiger charge is -2.17. The SMILES string of the molecule is CCC(C)n1c(NC(=O)c2cc(Cl)cc(OC(C)=O)c2)nnc1C(F)(F)F. The van der Waals surface area contributed by atoms with Crippen LogP contribution in [0, 0.1) is 0 Å². The first-order chi connectivity index (χ1) is 12.5. The van der Waals surface area contributed by atoms with Crippen molar-refractivity contribution in [2.24, 2.45) is 0 Å². The van der Waals surface area contributed by atoms with E-state index in [9.17, 15) is 22.8 Å². The maximum absolute atomic E-state index is 13.1. The first-order valence-electron chi connectivity index (χ1n) is 7.85. The van der Waals surface area contributed by atoms with Gasteiger partial charge in [0.15, 0.2) is 0 Å². The van der Waals surface area contributed by atoms with Crippen LogP contribution in [0.15, 0.2) is 18.2 Å². The summed E-state index contributed by atoms with van der Waals surface area (Å²) in [5.74, 6) is -2.93. The number of esters is 1. The number of rotatable bonds is 5. The summed E-state index contributed by atoms with van der Waals surface area (Å²) in [5.41, 5.74) is -0.0222. The quantitative estimate of drug-likeness (QED) is 0.599. The van der Waals surface area contributed by atoms with E-state index >= 15 is 0 Å². The monoisotopic (exact) mass is 404 g/mol. The predicted octanol–water partition coefficient (Wildman–Crippen LogP) is 4.10. The van der Waals surface area contributed by atoms with E-state index in [1.807, 2.05) is 0 Å². The molecule has 0 saturated heterocycles. The summed E-state index contributed by atoms with van der Waals surface area (Å²) in [6.45, 7) is 4.42. The molecule has 1 atom stereocenters. The number of carbonyl (C=O) groups excluding carboxylic acids is 2. The fourth-order valence-corrected chi connectivity index (χ4v) is 2.49. The summed E-state index contributed by atoms with van der Waals surface area (Å²) in [6, 6.07) is 3.22. The minimum absolute atomic E-state index is 0.0222. The first-order valence-corrected chi connectivity index (χ1v) is 8.23. The Labute approximate surface area is 157 Å². The van der Waals surface area contributed by atoms with Crippen molar-refractivity contribution in [1.29, 1.82) is 0 Å². The molecule has 0 aliphatic carbocycles. The standard InChI is InChI=1S/C16H16ClF3N4O3/c1-4-8(2)24-14(16(18,19)20)22-23-15(24)21-13(26)10-5-11(17)7-12(6-10)27-9(3)25/h5-8H,4H2,1-3H3,(H,21,23,26). The number of nitrogens with one attached hydrogen (secondary N) is 1. The van der Waals surface area contributed by atoms with Crippen molar-refractivity contribution in [3.63, 3.8) is 0 Å². The van der Waals surface area contributed by atoms with Gasteiger partial charge in [0.1, 0.15) is 5.75 Å². The molecule has 1 unspecified atom stereocenters. The van der Waals surface area contributed by atoms with E-state index in [2.05, 4.69) is 15.5 Å². The van der Waals surface area contributed by atoms with Crippen molar-refractivity contribution in [3.05, 3.63) is 34.6 Å². The second-order valence-electron chi connectivity index (χ2n) is 5.70. The molecule has 7 nitrogen and oxygen atoms in total. The Morgan fingerprint density at radius 2 is 1.96 bits per heavy atom. The lowest BCUT2D eigenvalue weighted by atomic mass is 10.2. The molecule has 1 heterocycles. The maximum Gasteiger partial charge on any atom is 0.451 e. The number of halogens is 4. The number of aromatic nitrogens is 3. The Balaban J connectivity index is 2.37. The molecule has 1 amide bonds. The lowest BCUT2D eigenvalue weighted by molar-refractivity contribution is -0.148. The topological polar surface area (TPSA) is 86.1 Å². The Hall–Kier alpha value is -2.62. The second-order valence-corrected chi connectivity index (χ2v) is 6.13. The van der Waals surface area contributed by atoms with E-state index in [1.54, 1.807) is 13.8 Å². The van der Waals surface area contributed by atoms with Crippen molar-refractivity contribution in [2.75, 3.05) is 5.32 Å². The molecular formula is C16H16ClF3N4O3. The van der Waals surface area contributed by atoms with Crippen LogP contribution in [-0.4, -0.2) is 26.6 Å². The molecule has 2 aromatic rings. The van der Waals surface area contributed by atoms with Crippen LogP contribution in [0.25, 0.3) is 0 Å².